The minimum Gasteiger partial charge on any atom is -0.334 e. The number of para-hydroxylation sites is 1. The molecule has 334 valence electrons. The first-order valence-electron chi connectivity index (χ1n) is 24.4. The number of hydrogen-bond acceptors (Lipinski definition) is 2. The Morgan fingerprint density at radius 1 is 0.697 bits per heavy atom. The molecule has 0 bridgehead atoms. The van der Waals surface area contributed by atoms with Crippen molar-refractivity contribution >= 4 is 45.7 Å². The van der Waals surface area contributed by atoms with Crippen molar-refractivity contribution < 1.29 is 0 Å². The van der Waals surface area contributed by atoms with Crippen molar-refractivity contribution in [1.29, 1.82) is 0 Å². The van der Waals surface area contributed by atoms with Crippen molar-refractivity contribution in [2.45, 2.75) is 99.0 Å². The van der Waals surface area contributed by atoms with Gasteiger partial charge in [-0.05, 0) is 150 Å². The van der Waals surface area contributed by atoms with Crippen LogP contribution >= 0.6 is 0 Å². The molecule has 66 heavy (non-hydrogen) atoms. The quantitative estimate of drug-likeness (QED) is 0.127. The summed E-state index contributed by atoms with van der Waals surface area (Å²) >= 11 is 0. The summed E-state index contributed by atoms with van der Waals surface area (Å²) in [6.07, 6.45) is 14.5. The first kappa shape index (κ1) is 45.7. The molecule has 1 aliphatic heterocycles. The van der Waals surface area contributed by atoms with Crippen molar-refractivity contribution in [2.24, 2.45) is 0 Å². The predicted octanol–water partition coefficient (Wildman–Crippen LogP) is 17.9. The Bertz CT molecular complexity index is 2880. The van der Waals surface area contributed by atoms with Gasteiger partial charge in [0.25, 0.3) is 0 Å². The van der Waals surface area contributed by atoms with Crippen LogP contribution in [-0.2, 0) is 11.8 Å². The molecule has 2 unspecified atom stereocenters. The van der Waals surface area contributed by atoms with Crippen LogP contribution in [0.3, 0.4) is 0 Å². The number of nitrogens with zero attached hydrogens (tertiary/aromatic N) is 3. The second kappa shape index (κ2) is 19.7. The maximum atomic E-state index is 4.37. The smallest absolute Gasteiger partial charge is 0.0591 e. The van der Waals surface area contributed by atoms with Crippen LogP contribution in [-0.4, -0.2) is 10.6 Å². The summed E-state index contributed by atoms with van der Waals surface area (Å²) in [5.74, 6) is 0.446. The van der Waals surface area contributed by atoms with E-state index in [9.17, 15) is 0 Å². The van der Waals surface area contributed by atoms with E-state index in [0.29, 0.717) is 5.92 Å². The molecule has 0 fully saturated rings. The van der Waals surface area contributed by atoms with E-state index >= 15 is 0 Å². The van der Waals surface area contributed by atoms with Gasteiger partial charge in [-0.25, -0.2) is 0 Å². The molecule has 3 aliphatic rings. The highest BCUT2D eigenvalue weighted by atomic mass is 15.2. The molecular weight excluding hydrogens is 799 g/mol. The van der Waals surface area contributed by atoms with Crippen molar-refractivity contribution in [3.8, 4) is 16.8 Å². The van der Waals surface area contributed by atoms with Gasteiger partial charge in [0.1, 0.15) is 0 Å². The largest absolute Gasteiger partial charge is 0.334 e. The summed E-state index contributed by atoms with van der Waals surface area (Å²) in [4.78, 5) is 4.93. The fraction of sp³-hybridized carbons (Fsp3) is 0.238. The van der Waals surface area contributed by atoms with Crippen molar-refractivity contribution in [3.63, 3.8) is 0 Å². The summed E-state index contributed by atoms with van der Waals surface area (Å²) < 4.78 is 2.57. The number of benzene rings is 6. The van der Waals surface area contributed by atoms with E-state index in [1.807, 2.05) is 27.7 Å². The summed E-state index contributed by atoms with van der Waals surface area (Å²) in [6.45, 7) is 23.9. The molecule has 10 rings (SSSR count). The highest BCUT2D eigenvalue weighted by Gasteiger charge is 2.41. The highest BCUT2D eigenvalue weighted by molar-refractivity contribution is 6.05. The van der Waals surface area contributed by atoms with Gasteiger partial charge in [-0.15, -0.1) is 0 Å². The average molecular weight is 866 g/mol. The van der Waals surface area contributed by atoms with Crippen LogP contribution in [0.15, 0.2) is 183 Å². The van der Waals surface area contributed by atoms with Gasteiger partial charge in [0.05, 0.1) is 11.7 Å². The minimum atomic E-state index is -0.191. The number of aromatic nitrogens is 1. The van der Waals surface area contributed by atoms with E-state index in [1.54, 1.807) is 0 Å². The molecule has 2 aliphatic carbocycles. The van der Waals surface area contributed by atoms with Gasteiger partial charge < -0.3 is 14.4 Å². The summed E-state index contributed by atoms with van der Waals surface area (Å²) in [7, 11) is 0. The average Bonchev–Trinajstić information content (AvgIpc) is 3.94. The zero-order chi connectivity index (χ0) is 46.5. The molecule has 0 radical (unpaired) electrons. The molecule has 2 heterocycles. The Labute approximate surface area is 395 Å². The normalized spacial score (nSPS) is 16.5. The minimum absolute atomic E-state index is 0.191. The van der Waals surface area contributed by atoms with E-state index < -0.39 is 0 Å². The maximum absolute atomic E-state index is 4.37. The van der Waals surface area contributed by atoms with Gasteiger partial charge in [0, 0.05) is 51.2 Å². The van der Waals surface area contributed by atoms with Crippen LogP contribution in [0.4, 0.5) is 28.4 Å². The number of rotatable bonds is 10. The fourth-order valence-electron chi connectivity index (χ4n) is 10.9. The maximum Gasteiger partial charge on any atom is 0.0591 e. The van der Waals surface area contributed by atoms with E-state index in [4.69, 9.17) is 0 Å². The molecule has 0 saturated heterocycles. The first-order valence-corrected chi connectivity index (χ1v) is 24.4. The second-order valence-corrected chi connectivity index (χ2v) is 17.5. The van der Waals surface area contributed by atoms with Gasteiger partial charge in [-0.3, -0.25) is 0 Å². The first-order chi connectivity index (χ1) is 32.3. The van der Waals surface area contributed by atoms with Crippen molar-refractivity contribution in [1.82, 2.24) is 4.57 Å². The van der Waals surface area contributed by atoms with Crippen LogP contribution in [0.5, 0.6) is 0 Å². The Balaban J connectivity index is 0.00000144. The topological polar surface area (TPSA) is 11.4 Å². The highest BCUT2D eigenvalue weighted by Crippen LogP contribution is 2.54. The summed E-state index contributed by atoms with van der Waals surface area (Å²) in [6, 6.07) is 56.2. The number of hydrogen-bond donors (Lipinski definition) is 0. The molecule has 0 N–H and O–H groups in total. The van der Waals surface area contributed by atoms with Crippen LogP contribution in [0.2, 0.25) is 0 Å². The molecule has 0 saturated carbocycles. The molecule has 0 amide bonds. The second-order valence-electron chi connectivity index (χ2n) is 17.5. The Kier molecular flexibility index (Phi) is 13.7. The predicted molar refractivity (Wildman–Crippen MR) is 287 cm³/mol. The van der Waals surface area contributed by atoms with Gasteiger partial charge in [-0.2, -0.15) is 0 Å². The molecule has 0 spiro atoms. The number of fused-ring (bicyclic) bond motifs is 3. The molecule has 1 aromatic heterocycles. The van der Waals surface area contributed by atoms with Crippen molar-refractivity contribution in [2.75, 3.05) is 9.80 Å². The van der Waals surface area contributed by atoms with Crippen molar-refractivity contribution in [3.05, 3.63) is 222 Å². The molecular formula is C63H67N3. The summed E-state index contributed by atoms with van der Waals surface area (Å²) in [5.41, 5.74) is 21.2. The van der Waals surface area contributed by atoms with Gasteiger partial charge in [0.15, 0.2) is 0 Å². The third-order valence-electron chi connectivity index (χ3n) is 13.7. The van der Waals surface area contributed by atoms with E-state index in [1.165, 1.54) is 78.5 Å². The van der Waals surface area contributed by atoms with Crippen LogP contribution in [0, 0.1) is 6.92 Å². The zero-order valence-electron chi connectivity index (χ0n) is 40.6. The van der Waals surface area contributed by atoms with Crippen LogP contribution < -0.4 is 9.80 Å². The molecule has 6 aromatic carbocycles. The van der Waals surface area contributed by atoms with Gasteiger partial charge in [-0.1, -0.05) is 170 Å². The lowest BCUT2D eigenvalue weighted by atomic mass is 9.79. The van der Waals surface area contributed by atoms with E-state index in [0.717, 1.165) is 36.3 Å². The summed E-state index contributed by atoms with van der Waals surface area (Å²) in [5, 5.41) is 0. The van der Waals surface area contributed by atoms with E-state index in [2.05, 4.69) is 238 Å². The third kappa shape index (κ3) is 7.89. The standard InChI is InChI=1S/C59H55N3.2C2H6/c1-7-19-54-48(8-2)52-24-15-18-27-56(52)61(54)46-36-32-44(33-37-46)60(43-30-28-42(29-31-43)41-20-11-10-12-21-41)45-34-38-47(39-35-45)62-55-26-17-14-22-50(55)40(4)58(62)57-49(9-3)51-23-13-16-25-53(51)59(57,5)6;2*1-2/h7,9-16,18-25,27-39,48,54H,3,8,17,26H2,1-2,4-6H3;2*1-2H3/b19-7-;;. The third-order valence-corrected chi connectivity index (χ3v) is 13.7. The molecule has 3 nitrogen and oxygen atoms in total. The zero-order valence-corrected chi connectivity index (χ0v) is 40.6. The van der Waals surface area contributed by atoms with Crippen LogP contribution in [0.25, 0.3) is 34.0 Å². The van der Waals surface area contributed by atoms with Gasteiger partial charge in [0.2, 0.25) is 0 Å². The lowest BCUT2D eigenvalue weighted by molar-refractivity contribution is 0.620. The van der Waals surface area contributed by atoms with E-state index in [-0.39, 0.29) is 11.5 Å². The molecule has 2 atom stereocenters. The number of allylic oxidation sites excluding steroid dienone is 5. The van der Waals surface area contributed by atoms with Crippen LogP contribution in [0.1, 0.15) is 113 Å². The Morgan fingerprint density at radius 2 is 1.27 bits per heavy atom. The Hall–Kier alpha value is -6.84. The molecule has 3 heteroatoms. The lowest BCUT2D eigenvalue weighted by Gasteiger charge is -2.30. The Morgan fingerprint density at radius 3 is 1.91 bits per heavy atom. The van der Waals surface area contributed by atoms with Gasteiger partial charge >= 0.3 is 0 Å². The fourth-order valence-corrected chi connectivity index (χ4v) is 10.9. The number of anilines is 5. The lowest BCUT2D eigenvalue weighted by Crippen LogP contribution is -2.28. The molecule has 7 aromatic rings. The SMILES string of the molecule is C=CC1=C(c2c(C)c3c(n2-c2ccc(N(c4ccc(-c5ccccc5)cc4)c4ccc(N5c6ccccc6C(CC)C5/C=C\C)cc4)cc2)CCC=C3)C(C)(C)c2ccccc21.CC.CC. The monoisotopic (exact) mass is 866 g/mol.